The van der Waals surface area contributed by atoms with Gasteiger partial charge in [-0.3, -0.25) is 0 Å². The molecular weight excluding hydrogens is 625 g/mol. The van der Waals surface area contributed by atoms with Crippen LogP contribution in [0, 0.1) is 12.8 Å². The summed E-state index contributed by atoms with van der Waals surface area (Å²) in [5, 5.41) is 4.49. The van der Waals surface area contributed by atoms with Gasteiger partial charge < -0.3 is 24.4 Å². The molecule has 0 aliphatic carbocycles. The summed E-state index contributed by atoms with van der Waals surface area (Å²) >= 11 is 1.25. The molecule has 9 nitrogen and oxygen atoms in total. The maximum atomic E-state index is 12.6. The SMILES string of the molecule is CCCCCCCCCCCCCCCCOCC1COC(COC(=O)NCCN2C=CSC2OS(=O)(=O)c2ccc(C)cc2)C1. The van der Waals surface area contributed by atoms with Crippen molar-refractivity contribution < 1.29 is 31.6 Å². The highest BCUT2D eigenvalue weighted by molar-refractivity contribution is 8.03. The van der Waals surface area contributed by atoms with Crippen LogP contribution in [-0.2, 0) is 28.5 Å². The highest BCUT2D eigenvalue weighted by Crippen LogP contribution is 2.29. The summed E-state index contributed by atoms with van der Waals surface area (Å²) in [5.41, 5.74) is 0.235. The van der Waals surface area contributed by atoms with E-state index in [0.29, 0.717) is 25.7 Å². The van der Waals surface area contributed by atoms with Crippen LogP contribution in [0.5, 0.6) is 0 Å². The first kappa shape index (κ1) is 38.7. The van der Waals surface area contributed by atoms with Crippen LogP contribution < -0.4 is 5.32 Å². The Morgan fingerprint density at radius 1 is 0.935 bits per heavy atom. The van der Waals surface area contributed by atoms with E-state index in [2.05, 4.69) is 12.2 Å². The summed E-state index contributed by atoms with van der Waals surface area (Å²) in [6.07, 6.45) is 20.8. The number of nitrogens with one attached hydrogen (secondary N) is 1. The van der Waals surface area contributed by atoms with Crippen molar-refractivity contribution in [2.45, 2.75) is 127 Å². The second-order valence-corrected chi connectivity index (χ2v) is 15.1. The highest BCUT2D eigenvalue weighted by Gasteiger charge is 2.29. The van der Waals surface area contributed by atoms with E-state index >= 15 is 0 Å². The van der Waals surface area contributed by atoms with Gasteiger partial charge in [-0.15, -0.1) is 0 Å². The largest absolute Gasteiger partial charge is 0.447 e. The zero-order chi connectivity index (χ0) is 32.9. The second-order valence-electron chi connectivity index (χ2n) is 12.6. The first-order chi connectivity index (χ1) is 22.4. The van der Waals surface area contributed by atoms with Gasteiger partial charge in [0.2, 0.25) is 5.56 Å². The summed E-state index contributed by atoms with van der Waals surface area (Å²) in [6.45, 7) is 7.11. The minimum absolute atomic E-state index is 0.111. The number of aryl methyl sites for hydroxylation is 1. The molecule has 1 saturated heterocycles. The van der Waals surface area contributed by atoms with Gasteiger partial charge in [0, 0.05) is 31.8 Å². The third-order valence-electron chi connectivity index (χ3n) is 8.44. The van der Waals surface area contributed by atoms with E-state index in [9.17, 15) is 13.2 Å². The lowest BCUT2D eigenvalue weighted by Gasteiger charge is -2.24. The maximum Gasteiger partial charge on any atom is 0.407 e. The predicted octanol–water partition coefficient (Wildman–Crippen LogP) is 8.13. The standard InChI is InChI=1S/C35H58N2O7S2/c1-3-4-5-6-7-8-9-10-11-12-13-14-15-16-24-41-27-31-26-32(42-28-31)29-43-34(38)36-21-22-37-23-25-45-35(37)44-46(39,40)33-19-17-30(2)18-20-33/h17-20,23,25,31-32,35H,3-16,21-22,24,26-29H2,1-2H3,(H,36,38). The Bertz CT molecular complexity index is 1100. The summed E-state index contributed by atoms with van der Waals surface area (Å²) in [5.74, 6) is 0.330. The smallest absolute Gasteiger partial charge is 0.407 e. The average molecular weight is 683 g/mol. The number of thioether (sulfide) groups is 1. The van der Waals surface area contributed by atoms with Gasteiger partial charge in [-0.25, -0.2) is 8.98 Å². The maximum absolute atomic E-state index is 12.6. The quantitative estimate of drug-likeness (QED) is 0.0809. The van der Waals surface area contributed by atoms with Crippen molar-refractivity contribution in [1.29, 1.82) is 0 Å². The van der Waals surface area contributed by atoms with Gasteiger partial charge >= 0.3 is 6.09 Å². The van der Waals surface area contributed by atoms with E-state index < -0.39 is 21.8 Å². The van der Waals surface area contributed by atoms with Crippen molar-refractivity contribution in [3.63, 3.8) is 0 Å². The lowest BCUT2D eigenvalue weighted by molar-refractivity contribution is 0.0390. The average Bonchev–Trinajstić information content (AvgIpc) is 3.69. The van der Waals surface area contributed by atoms with Gasteiger partial charge in [-0.1, -0.05) is 120 Å². The molecule has 1 fully saturated rings. The molecule has 2 aliphatic rings. The Morgan fingerprint density at radius 2 is 1.57 bits per heavy atom. The van der Waals surface area contributed by atoms with Crippen LogP contribution in [0.15, 0.2) is 40.8 Å². The number of nitrogens with zero attached hydrogens (tertiary/aromatic N) is 1. The molecule has 0 spiro atoms. The first-order valence-corrected chi connectivity index (χ1v) is 19.9. The van der Waals surface area contributed by atoms with Crippen LogP contribution in [0.1, 0.15) is 109 Å². The lowest BCUT2D eigenvalue weighted by atomic mass is 10.0. The number of amides is 1. The Hall–Kier alpha value is -1.79. The summed E-state index contributed by atoms with van der Waals surface area (Å²) < 4.78 is 47.8. The minimum atomic E-state index is -3.91. The van der Waals surface area contributed by atoms with Crippen molar-refractivity contribution >= 4 is 28.0 Å². The molecule has 3 rings (SSSR count). The van der Waals surface area contributed by atoms with Crippen LogP contribution in [0.25, 0.3) is 0 Å². The number of rotatable bonds is 25. The van der Waals surface area contributed by atoms with Crippen LogP contribution in [0.4, 0.5) is 4.79 Å². The van der Waals surface area contributed by atoms with Crippen molar-refractivity contribution in [2.24, 2.45) is 5.92 Å². The lowest BCUT2D eigenvalue weighted by Crippen LogP contribution is -2.37. The minimum Gasteiger partial charge on any atom is -0.447 e. The topological polar surface area (TPSA) is 103 Å². The van der Waals surface area contributed by atoms with Gasteiger partial charge in [0.15, 0.2) is 0 Å². The van der Waals surface area contributed by atoms with Gasteiger partial charge in [-0.2, -0.15) is 8.42 Å². The zero-order valence-electron chi connectivity index (χ0n) is 28.2. The molecule has 262 valence electrons. The number of hydrogen-bond acceptors (Lipinski definition) is 9. The number of hydrogen-bond donors (Lipinski definition) is 1. The third-order valence-corrected chi connectivity index (χ3v) is 10.7. The molecule has 46 heavy (non-hydrogen) atoms. The predicted molar refractivity (Wildman–Crippen MR) is 185 cm³/mol. The van der Waals surface area contributed by atoms with E-state index in [1.807, 2.05) is 6.92 Å². The third kappa shape index (κ3) is 15.9. The Kier molecular flexibility index (Phi) is 19.1. The van der Waals surface area contributed by atoms with Crippen LogP contribution in [0.3, 0.4) is 0 Å². The van der Waals surface area contributed by atoms with Gasteiger partial charge in [0.1, 0.15) is 6.61 Å². The molecule has 1 amide bonds. The van der Waals surface area contributed by atoms with Gasteiger partial charge in [0.25, 0.3) is 10.1 Å². The summed E-state index contributed by atoms with van der Waals surface area (Å²) in [4.78, 5) is 14.1. The van der Waals surface area contributed by atoms with E-state index in [-0.39, 0.29) is 24.2 Å². The number of unbranched alkanes of at least 4 members (excludes halogenated alkanes) is 13. The van der Waals surface area contributed by atoms with Crippen molar-refractivity contribution in [1.82, 2.24) is 10.2 Å². The molecule has 0 bridgehead atoms. The summed E-state index contributed by atoms with van der Waals surface area (Å²) in [7, 11) is -3.91. The Labute approximate surface area is 282 Å². The molecule has 1 aromatic rings. The van der Waals surface area contributed by atoms with E-state index in [1.165, 1.54) is 107 Å². The molecule has 0 aromatic heterocycles. The first-order valence-electron chi connectivity index (χ1n) is 17.5. The van der Waals surface area contributed by atoms with Gasteiger partial charge in [0.05, 0.1) is 24.2 Å². The molecule has 2 heterocycles. The Balaban J connectivity index is 1.13. The number of benzene rings is 1. The molecule has 11 heteroatoms. The van der Waals surface area contributed by atoms with Crippen LogP contribution in [-0.4, -0.2) is 70.6 Å². The normalized spacial score (nSPS) is 19.6. The van der Waals surface area contributed by atoms with Gasteiger partial charge in [-0.05, 0) is 37.3 Å². The molecule has 1 aromatic carbocycles. The van der Waals surface area contributed by atoms with Crippen molar-refractivity contribution in [2.75, 3.05) is 39.5 Å². The molecule has 0 radical (unpaired) electrons. The van der Waals surface area contributed by atoms with E-state index in [4.69, 9.17) is 18.4 Å². The molecule has 1 N–H and O–H groups in total. The van der Waals surface area contributed by atoms with Crippen molar-refractivity contribution in [3.8, 4) is 0 Å². The van der Waals surface area contributed by atoms with E-state index in [0.717, 1.165) is 25.0 Å². The number of carbonyl (C=O) groups is 1. The molecule has 3 atom stereocenters. The highest BCUT2D eigenvalue weighted by atomic mass is 32.2. The number of alkyl carbamates (subject to hydrolysis) is 1. The number of ether oxygens (including phenoxy) is 3. The fourth-order valence-electron chi connectivity index (χ4n) is 5.62. The van der Waals surface area contributed by atoms with E-state index in [1.54, 1.807) is 28.6 Å². The fraction of sp³-hybridized carbons (Fsp3) is 0.743. The van der Waals surface area contributed by atoms with Crippen LogP contribution in [0.2, 0.25) is 0 Å². The Morgan fingerprint density at radius 3 is 2.22 bits per heavy atom. The number of carbonyl (C=O) groups excluding carboxylic acids is 1. The van der Waals surface area contributed by atoms with Crippen LogP contribution >= 0.6 is 11.8 Å². The summed E-state index contributed by atoms with van der Waals surface area (Å²) in [6, 6.07) is 6.53. The zero-order valence-corrected chi connectivity index (χ0v) is 29.8. The fourth-order valence-corrected chi connectivity index (χ4v) is 7.72. The second kappa shape index (κ2) is 22.7. The molecule has 2 aliphatic heterocycles. The monoisotopic (exact) mass is 682 g/mol. The molecule has 3 unspecified atom stereocenters. The van der Waals surface area contributed by atoms with Crippen molar-refractivity contribution in [3.05, 3.63) is 41.4 Å². The molecular formula is C35H58N2O7S2. The molecule has 0 saturated carbocycles.